The van der Waals surface area contributed by atoms with E-state index in [-0.39, 0.29) is 50.7 Å². The maximum atomic E-state index is 14.4. The van der Waals surface area contributed by atoms with E-state index in [2.05, 4.69) is 9.80 Å². The van der Waals surface area contributed by atoms with Crippen molar-refractivity contribution >= 4 is 17.6 Å². The Balaban J connectivity index is 1.19. The van der Waals surface area contributed by atoms with Crippen molar-refractivity contribution in [3.8, 4) is 0 Å². The maximum Gasteiger partial charge on any atom is 0.320 e. The van der Waals surface area contributed by atoms with E-state index in [1.165, 1.54) is 12.1 Å². The van der Waals surface area contributed by atoms with Gasteiger partial charge in [0.25, 0.3) is 5.91 Å². The molecule has 0 aliphatic carbocycles. The summed E-state index contributed by atoms with van der Waals surface area (Å²) in [5.74, 6) is -0.849. The van der Waals surface area contributed by atoms with Crippen molar-refractivity contribution in [3.05, 3.63) is 138 Å². The Morgan fingerprint density at radius 2 is 1.21 bits per heavy atom. The monoisotopic (exact) mass is 709 g/mol. The van der Waals surface area contributed by atoms with E-state index in [4.69, 9.17) is 18.9 Å². The third-order valence-corrected chi connectivity index (χ3v) is 9.57. The highest BCUT2D eigenvalue weighted by Gasteiger charge is 2.51. The zero-order chi connectivity index (χ0) is 36.1. The normalized spacial score (nSPS) is 20.9. The highest BCUT2D eigenvalue weighted by Crippen LogP contribution is 2.30. The van der Waals surface area contributed by atoms with Gasteiger partial charge in [-0.15, -0.1) is 0 Å². The molecule has 0 bridgehead atoms. The summed E-state index contributed by atoms with van der Waals surface area (Å²) in [6, 6.07) is 35.3. The number of likely N-dealkylation sites (tertiary alicyclic amines) is 1. The molecule has 0 spiro atoms. The molecule has 10 heteroatoms. The lowest BCUT2D eigenvalue weighted by molar-refractivity contribution is -0.213. The molecule has 1 amide bonds. The molecule has 0 radical (unpaired) electrons. The smallest absolute Gasteiger partial charge is 0.320 e. The summed E-state index contributed by atoms with van der Waals surface area (Å²) in [4.78, 5) is 33.8. The highest BCUT2D eigenvalue weighted by atomic mass is 19.1. The summed E-state index contributed by atoms with van der Waals surface area (Å²) in [6.07, 6.45) is -1.70. The Hall–Kier alpha value is -4.61. The predicted octanol–water partition coefficient (Wildman–Crippen LogP) is 5.87. The van der Waals surface area contributed by atoms with Gasteiger partial charge in [-0.05, 0) is 47.4 Å². The first-order chi connectivity index (χ1) is 25.5. The molecule has 2 fully saturated rings. The number of hydrogen-bond donors (Lipinski definition) is 0. The predicted molar refractivity (Wildman–Crippen MR) is 197 cm³/mol. The lowest BCUT2D eigenvalue weighted by Crippen LogP contribution is -2.67. The van der Waals surface area contributed by atoms with Crippen molar-refractivity contribution in [3.63, 3.8) is 0 Å². The number of piperazine rings is 1. The average molecular weight is 710 g/mol. The number of carbonyl (C=O) groups excluding carboxylic acids is 2. The lowest BCUT2D eigenvalue weighted by Gasteiger charge is -2.47. The number of nitrogens with zero attached hydrogens (tertiary/aromatic N) is 3. The van der Waals surface area contributed by atoms with E-state index in [0.717, 1.165) is 22.4 Å². The number of hydrogen-bond acceptors (Lipinski definition) is 8. The number of piperidine rings is 1. The molecule has 0 aromatic heterocycles. The number of rotatable bonds is 16. The Morgan fingerprint density at radius 3 is 1.75 bits per heavy atom. The van der Waals surface area contributed by atoms with Gasteiger partial charge in [0.1, 0.15) is 24.6 Å². The second-order valence-corrected chi connectivity index (χ2v) is 13.3. The third kappa shape index (κ3) is 10.0. The van der Waals surface area contributed by atoms with E-state index < -0.39 is 24.4 Å². The van der Waals surface area contributed by atoms with Gasteiger partial charge in [0, 0.05) is 38.4 Å². The molecular formula is C42H48FN3O6. The minimum absolute atomic E-state index is 0.0455. The standard InChI is InChI=1S/C42H48FN3O6/c1-2-22-46-37(31-49-38(47)27-44-23-25-45(26-24-44)36-20-18-35(43)19-21-36)39(50-28-32-12-6-3-7-13-32)40(51-29-33-14-8-4-9-15-33)41(42(46)48)52-30-34-16-10-5-11-17-34/h3-21,37,39-41H,2,22-31H2,1H3/t37-,39-,40-,41-/m1/s1. The number of amides is 1. The Labute approximate surface area is 305 Å². The fraction of sp³-hybridized carbons (Fsp3) is 0.381. The quantitative estimate of drug-likeness (QED) is 0.134. The average Bonchev–Trinajstić information content (AvgIpc) is 3.18. The fourth-order valence-electron chi connectivity index (χ4n) is 6.81. The second-order valence-electron chi connectivity index (χ2n) is 13.3. The summed E-state index contributed by atoms with van der Waals surface area (Å²) >= 11 is 0. The van der Waals surface area contributed by atoms with E-state index in [1.807, 2.05) is 97.9 Å². The Morgan fingerprint density at radius 1 is 0.692 bits per heavy atom. The van der Waals surface area contributed by atoms with Crippen LogP contribution in [0.5, 0.6) is 0 Å². The zero-order valence-electron chi connectivity index (χ0n) is 29.7. The third-order valence-electron chi connectivity index (χ3n) is 9.57. The van der Waals surface area contributed by atoms with Crippen molar-refractivity contribution in [1.82, 2.24) is 9.80 Å². The molecule has 274 valence electrons. The van der Waals surface area contributed by atoms with Crippen molar-refractivity contribution in [2.24, 2.45) is 0 Å². The number of halogens is 1. The molecule has 4 aromatic rings. The minimum atomic E-state index is -0.944. The number of ether oxygens (including phenoxy) is 4. The minimum Gasteiger partial charge on any atom is -0.462 e. The molecule has 2 aliphatic heterocycles. The van der Waals surface area contributed by atoms with Crippen molar-refractivity contribution in [1.29, 1.82) is 0 Å². The van der Waals surface area contributed by atoms with Crippen LogP contribution in [0.25, 0.3) is 0 Å². The summed E-state index contributed by atoms with van der Waals surface area (Å²) in [5.41, 5.74) is 3.83. The molecule has 2 saturated heterocycles. The van der Waals surface area contributed by atoms with Crippen LogP contribution in [0.15, 0.2) is 115 Å². The number of benzene rings is 4. The Bertz CT molecular complexity index is 1670. The van der Waals surface area contributed by atoms with E-state index >= 15 is 0 Å². The number of carbonyl (C=O) groups is 2. The van der Waals surface area contributed by atoms with Crippen LogP contribution in [-0.2, 0) is 48.4 Å². The molecular weight excluding hydrogens is 661 g/mol. The molecule has 2 aliphatic rings. The summed E-state index contributed by atoms with van der Waals surface area (Å²) in [6.45, 7) is 6.02. The van der Waals surface area contributed by atoms with Crippen molar-refractivity contribution in [2.75, 3.05) is 50.8 Å². The van der Waals surface area contributed by atoms with Gasteiger partial charge in [-0.3, -0.25) is 14.5 Å². The van der Waals surface area contributed by atoms with Crippen molar-refractivity contribution < 1.29 is 32.9 Å². The second kappa shape index (κ2) is 18.8. The van der Waals surface area contributed by atoms with Gasteiger partial charge in [0.2, 0.25) is 0 Å². The van der Waals surface area contributed by atoms with Gasteiger partial charge in [-0.25, -0.2) is 4.39 Å². The van der Waals surface area contributed by atoms with Gasteiger partial charge in [0.15, 0.2) is 6.10 Å². The van der Waals surface area contributed by atoms with E-state index in [0.29, 0.717) is 39.1 Å². The van der Waals surface area contributed by atoms with E-state index in [1.54, 1.807) is 17.0 Å². The maximum absolute atomic E-state index is 14.4. The number of anilines is 1. The SMILES string of the molecule is CCCN1C(=O)[C@H](OCc2ccccc2)[C@H](OCc2ccccc2)[C@H](OCc2ccccc2)[C@H]1COC(=O)CN1CCN(c2ccc(F)cc2)CC1. The van der Waals surface area contributed by atoms with Crippen LogP contribution in [-0.4, -0.2) is 91.9 Å². The first-order valence-corrected chi connectivity index (χ1v) is 18.1. The largest absolute Gasteiger partial charge is 0.462 e. The van der Waals surface area contributed by atoms with Crippen LogP contribution in [0.2, 0.25) is 0 Å². The van der Waals surface area contributed by atoms with Gasteiger partial charge in [-0.2, -0.15) is 0 Å². The number of esters is 1. The topological polar surface area (TPSA) is 80.8 Å². The van der Waals surface area contributed by atoms with Crippen LogP contribution < -0.4 is 4.90 Å². The molecule has 2 heterocycles. The first-order valence-electron chi connectivity index (χ1n) is 18.1. The van der Waals surface area contributed by atoms with Crippen LogP contribution in [0.1, 0.15) is 30.0 Å². The molecule has 0 N–H and O–H groups in total. The summed E-state index contributed by atoms with van der Waals surface area (Å²) in [7, 11) is 0. The van der Waals surface area contributed by atoms with Gasteiger partial charge < -0.3 is 28.7 Å². The molecule has 0 saturated carbocycles. The summed E-state index contributed by atoms with van der Waals surface area (Å²) < 4.78 is 39.2. The lowest BCUT2D eigenvalue weighted by atomic mass is 9.92. The van der Waals surface area contributed by atoms with Crippen LogP contribution in [0.4, 0.5) is 10.1 Å². The molecule has 4 atom stereocenters. The summed E-state index contributed by atoms with van der Waals surface area (Å²) in [5, 5.41) is 0. The van der Waals surface area contributed by atoms with Crippen LogP contribution in [0, 0.1) is 5.82 Å². The van der Waals surface area contributed by atoms with Gasteiger partial charge >= 0.3 is 5.97 Å². The molecule has 9 nitrogen and oxygen atoms in total. The van der Waals surface area contributed by atoms with Crippen LogP contribution in [0.3, 0.4) is 0 Å². The molecule has 4 aromatic carbocycles. The van der Waals surface area contributed by atoms with Crippen LogP contribution >= 0.6 is 0 Å². The van der Waals surface area contributed by atoms with Gasteiger partial charge in [0.05, 0.1) is 32.4 Å². The van der Waals surface area contributed by atoms with Crippen molar-refractivity contribution in [2.45, 2.75) is 57.5 Å². The Kier molecular flexibility index (Phi) is 13.4. The van der Waals surface area contributed by atoms with E-state index in [9.17, 15) is 14.0 Å². The fourth-order valence-corrected chi connectivity index (χ4v) is 6.81. The van der Waals surface area contributed by atoms with Gasteiger partial charge in [-0.1, -0.05) is 97.9 Å². The highest BCUT2D eigenvalue weighted by molar-refractivity contribution is 5.83. The molecule has 0 unspecified atom stereocenters. The first kappa shape index (κ1) is 37.2. The molecule has 6 rings (SSSR count). The molecule has 52 heavy (non-hydrogen) atoms. The zero-order valence-corrected chi connectivity index (χ0v) is 29.7.